The molecule has 7 nitrogen and oxygen atoms in total. The summed E-state index contributed by atoms with van der Waals surface area (Å²) in [6.07, 6.45) is 0. The van der Waals surface area contributed by atoms with E-state index in [1.807, 2.05) is 0 Å². The number of carboxylic acid groups (broad SMARTS) is 1. The first-order valence-corrected chi connectivity index (χ1v) is 7.27. The molecule has 0 radical (unpaired) electrons. The summed E-state index contributed by atoms with van der Waals surface area (Å²) in [6.45, 7) is 0. The summed E-state index contributed by atoms with van der Waals surface area (Å²) < 4.78 is 2.63. The third-order valence-electron chi connectivity index (χ3n) is 2.67. The lowest BCUT2D eigenvalue weighted by atomic mass is 10.2. The molecule has 0 fully saturated rings. The maximum atomic E-state index is 12.0. The second kappa shape index (κ2) is 5.86. The molecular weight excluding hydrogens is 362 g/mol. The van der Waals surface area contributed by atoms with Crippen LogP contribution < -0.4 is 11.2 Å². The standard InChI is InChI=1S/C12H10BrN3O4S/c1-15-10(17)9(14-16(2)12(15)20)21-8-5-6(13)3-4-7(8)11(18)19/h3-5H,1-2H3,(H,18,19). The van der Waals surface area contributed by atoms with Crippen molar-refractivity contribution >= 4 is 33.7 Å². The van der Waals surface area contributed by atoms with E-state index >= 15 is 0 Å². The number of aromatic carboxylic acids is 1. The highest BCUT2D eigenvalue weighted by Crippen LogP contribution is 2.29. The number of nitrogens with zero attached hydrogens (tertiary/aromatic N) is 3. The van der Waals surface area contributed by atoms with E-state index < -0.39 is 17.2 Å². The maximum absolute atomic E-state index is 12.0. The molecule has 1 aromatic carbocycles. The van der Waals surface area contributed by atoms with Gasteiger partial charge in [0.1, 0.15) is 0 Å². The van der Waals surface area contributed by atoms with Gasteiger partial charge in [-0.15, -0.1) is 0 Å². The SMILES string of the molecule is Cn1nc(Sc2cc(Br)ccc2C(=O)O)c(=O)n(C)c1=O. The van der Waals surface area contributed by atoms with Gasteiger partial charge in [0.05, 0.1) is 5.56 Å². The molecular formula is C12H10BrN3O4S. The van der Waals surface area contributed by atoms with Gasteiger partial charge in [-0.05, 0) is 18.2 Å². The Bertz CT molecular complexity index is 843. The third-order valence-corrected chi connectivity index (χ3v) is 4.17. The summed E-state index contributed by atoms with van der Waals surface area (Å²) in [5.41, 5.74) is -1.06. The zero-order valence-electron chi connectivity index (χ0n) is 11.0. The van der Waals surface area contributed by atoms with Gasteiger partial charge in [-0.1, -0.05) is 27.7 Å². The molecule has 0 aliphatic rings. The molecule has 1 aromatic heterocycles. The molecule has 21 heavy (non-hydrogen) atoms. The van der Waals surface area contributed by atoms with Crippen molar-refractivity contribution in [2.24, 2.45) is 14.1 Å². The van der Waals surface area contributed by atoms with Crippen LogP contribution >= 0.6 is 27.7 Å². The van der Waals surface area contributed by atoms with E-state index in [0.29, 0.717) is 9.37 Å². The van der Waals surface area contributed by atoms with Crippen molar-refractivity contribution in [2.75, 3.05) is 0 Å². The van der Waals surface area contributed by atoms with Crippen molar-refractivity contribution < 1.29 is 9.90 Å². The van der Waals surface area contributed by atoms with Crippen LogP contribution in [0.3, 0.4) is 0 Å². The Morgan fingerprint density at radius 3 is 2.62 bits per heavy atom. The van der Waals surface area contributed by atoms with Crippen LogP contribution in [0.25, 0.3) is 0 Å². The van der Waals surface area contributed by atoms with Gasteiger partial charge in [0, 0.05) is 23.5 Å². The van der Waals surface area contributed by atoms with Crippen LogP contribution in [0.2, 0.25) is 0 Å². The zero-order valence-corrected chi connectivity index (χ0v) is 13.4. The Balaban J connectivity index is 2.58. The Morgan fingerprint density at radius 1 is 1.33 bits per heavy atom. The first kappa shape index (κ1) is 15.5. The highest BCUT2D eigenvalue weighted by Gasteiger charge is 2.16. The van der Waals surface area contributed by atoms with Gasteiger partial charge in [-0.25, -0.2) is 14.3 Å². The van der Waals surface area contributed by atoms with Gasteiger partial charge in [0.25, 0.3) is 5.56 Å². The summed E-state index contributed by atoms with van der Waals surface area (Å²) in [4.78, 5) is 35.2. The van der Waals surface area contributed by atoms with Crippen LogP contribution in [-0.4, -0.2) is 25.4 Å². The van der Waals surface area contributed by atoms with Crippen LogP contribution in [0, 0.1) is 0 Å². The molecule has 1 heterocycles. The third kappa shape index (κ3) is 3.08. The number of hydrogen-bond donors (Lipinski definition) is 1. The quantitative estimate of drug-likeness (QED) is 0.867. The number of aromatic nitrogens is 3. The number of halogens is 1. The van der Waals surface area contributed by atoms with E-state index in [1.54, 1.807) is 12.1 Å². The fraction of sp³-hybridized carbons (Fsp3) is 0.167. The lowest BCUT2D eigenvalue weighted by molar-refractivity contribution is 0.0693. The Kier molecular flexibility index (Phi) is 4.33. The van der Waals surface area contributed by atoms with Gasteiger partial charge < -0.3 is 5.11 Å². The molecule has 0 amide bonds. The minimum absolute atomic E-state index is 0.0280. The molecule has 0 bridgehead atoms. The fourth-order valence-corrected chi connectivity index (χ4v) is 3.15. The zero-order chi connectivity index (χ0) is 15.7. The van der Waals surface area contributed by atoms with Crippen LogP contribution in [0.15, 0.2) is 42.2 Å². The van der Waals surface area contributed by atoms with E-state index in [2.05, 4.69) is 21.0 Å². The molecule has 0 aliphatic heterocycles. The smallest absolute Gasteiger partial charge is 0.346 e. The summed E-state index contributed by atoms with van der Waals surface area (Å²) in [5, 5.41) is 13.1. The Labute approximate surface area is 131 Å². The van der Waals surface area contributed by atoms with Crippen LogP contribution in [0.5, 0.6) is 0 Å². The number of benzene rings is 1. The molecule has 0 atom stereocenters. The molecule has 2 aromatic rings. The first-order chi connectivity index (χ1) is 9.81. The average molecular weight is 372 g/mol. The van der Waals surface area contributed by atoms with Crippen molar-refractivity contribution in [2.45, 2.75) is 9.92 Å². The minimum atomic E-state index is -1.10. The second-order valence-electron chi connectivity index (χ2n) is 4.12. The summed E-state index contributed by atoms with van der Waals surface area (Å²) >= 11 is 4.16. The molecule has 0 unspecified atom stereocenters. The largest absolute Gasteiger partial charge is 0.478 e. The number of rotatable bonds is 3. The minimum Gasteiger partial charge on any atom is -0.478 e. The van der Waals surface area contributed by atoms with Crippen molar-refractivity contribution in [3.8, 4) is 0 Å². The second-order valence-corrected chi connectivity index (χ2v) is 6.07. The van der Waals surface area contributed by atoms with E-state index in [-0.39, 0.29) is 10.6 Å². The van der Waals surface area contributed by atoms with Gasteiger partial charge in [-0.2, -0.15) is 5.10 Å². The summed E-state index contributed by atoms with van der Waals surface area (Å²) in [6, 6.07) is 4.61. The summed E-state index contributed by atoms with van der Waals surface area (Å²) in [7, 11) is 2.76. The van der Waals surface area contributed by atoms with Gasteiger partial charge in [0.15, 0.2) is 5.03 Å². The van der Waals surface area contributed by atoms with E-state index in [1.165, 1.54) is 20.2 Å². The highest BCUT2D eigenvalue weighted by molar-refractivity contribution is 9.10. The lowest BCUT2D eigenvalue weighted by Crippen LogP contribution is -2.39. The molecule has 0 spiro atoms. The van der Waals surface area contributed by atoms with Crippen molar-refractivity contribution in [3.63, 3.8) is 0 Å². The first-order valence-electron chi connectivity index (χ1n) is 5.66. The number of carbonyl (C=O) groups is 1. The molecule has 0 aliphatic carbocycles. The average Bonchev–Trinajstić information content (AvgIpc) is 2.42. The number of aryl methyl sites for hydroxylation is 1. The molecule has 1 N–H and O–H groups in total. The van der Waals surface area contributed by atoms with Crippen LogP contribution in [0.1, 0.15) is 10.4 Å². The van der Waals surface area contributed by atoms with Gasteiger partial charge >= 0.3 is 11.7 Å². The Morgan fingerprint density at radius 2 is 2.00 bits per heavy atom. The van der Waals surface area contributed by atoms with Crippen LogP contribution in [-0.2, 0) is 14.1 Å². The summed E-state index contributed by atoms with van der Waals surface area (Å²) in [5.74, 6) is -1.10. The number of hydrogen-bond acceptors (Lipinski definition) is 5. The lowest BCUT2D eigenvalue weighted by Gasteiger charge is -2.07. The monoisotopic (exact) mass is 371 g/mol. The van der Waals surface area contributed by atoms with Gasteiger partial charge in [-0.3, -0.25) is 9.36 Å². The van der Waals surface area contributed by atoms with Crippen molar-refractivity contribution in [1.82, 2.24) is 14.3 Å². The molecule has 0 saturated carbocycles. The van der Waals surface area contributed by atoms with Crippen molar-refractivity contribution in [3.05, 3.63) is 49.1 Å². The molecule has 110 valence electrons. The molecule has 9 heteroatoms. The molecule has 0 saturated heterocycles. The van der Waals surface area contributed by atoms with E-state index in [9.17, 15) is 14.4 Å². The van der Waals surface area contributed by atoms with E-state index in [4.69, 9.17) is 5.11 Å². The predicted molar refractivity (Wildman–Crippen MR) is 79.9 cm³/mol. The van der Waals surface area contributed by atoms with Crippen LogP contribution in [0.4, 0.5) is 0 Å². The number of carboxylic acids is 1. The van der Waals surface area contributed by atoms with Crippen molar-refractivity contribution in [1.29, 1.82) is 0 Å². The normalized spacial score (nSPS) is 10.6. The maximum Gasteiger partial charge on any atom is 0.346 e. The molecule has 2 rings (SSSR count). The highest BCUT2D eigenvalue weighted by atomic mass is 79.9. The van der Waals surface area contributed by atoms with E-state index in [0.717, 1.165) is 21.0 Å². The Hall–Kier alpha value is -1.87. The topological polar surface area (TPSA) is 94.2 Å². The predicted octanol–water partition coefficient (Wildman–Crippen LogP) is 1.09. The fourth-order valence-electron chi connectivity index (χ4n) is 1.59. The van der Waals surface area contributed by atoms with Gasteiger partial charge in [0.2, 0.25) is 0 Å².